The van der Waals surface area contributed by atoms with E-state index in [2.05, 4.69) is 20.5 Å². The molecule has 4 rings (SSSR count). The first-order valence-electron chi connectivity index (χ1n) is 7.52. The van der Waals surface area contributed by atoms with Crippen LogP contribution < -0.4 is 10.1 Å². The molecule has 2 N–H and O–H groups in total. The second-order valence-electron chi connectivity index (χ2n) is 5.27. The monoisotopic (exact) mass is 354 g/mol. The normalized spacial score (nSPS) is 11.1. The summed E-state index contributed by atoms with van der Waals surface area (Å²) in [5, 5.41) is 11.8. The van der Waals surface area contributed by atoms with Crippen LogP contribution in [0.3, 0.4) is 0 Å². The number of nitrogens with zero attached hydrogens (tertiary/aromatic N) is 2. The van der Waals surface area contributed by atoms with Gasteiger partial charge in [0, 0.05) is 16.8 Å². The van der Waals surface area contributed by atoms with Crippen LogP contribution in [-0.2, 0) is 4.79 Å². The SMILES string of the molecule is COc1cc2c(cc1NC(=O)CSc1ncn[nH]1)oc1ccccc12. The third kappa shape index (κ3) is 3.03. The molecule has 0 fully saturated rings. The molecular weight excluding hydrogens is 340 g/mol. The Balaban J connectivity index is 1.61. The standard InChI is InChI=1S/C17H14N4O3S/c1-23-15-6-11-10-4-2-3-5-13(10)24-14(11)7-12(15)20-16(22)8-25-17-18-9-19-21-17/h2-7,9H,8H2,1H3,(H,20,22)(H,18,19,21). The predicted molar refractivity (Wildman–Crippen MR) is 96.0 cm³/mol. The number of fused-ring (bicyclic) bond motifs is 3. The van der Waals surface area contributed by atoms with Crippen molar-refractivity contribution in [2.45, 2.75) is 5.16 Å². The van der Waals surface area contributed by atoms with Crippen LogP contribution in [0.1, 0.15) is 0 Å². The maximum absolute atomic E-state index is 12.2. The molecule has 0 atom stereocenters. The molecule has 4 aromatic rings. The van der Waals surface area contributed by atoms with Gasteiger partial charge in [0.25, 0.3) is 0 Å². The summed E-state index contributed by atoms with van der Waals surface area (Å²) in [4.78, 5) is 16.2. The van der Waals surface area contributed by atoms with E-state index in [0.717, 1.165) is 16.4 Å². The number of hydrogen-bond donors (Lipinski definition) is 2. The number of ether oxygens (including phenoxy) is 1. The number of hydrogen-bond acceptors (Lipinski definition) is 6. The molecule has 2 heterocycles. The first-order chi connectivity index (χ1) is 12.2. The van der Waals surface area contributed by atoms with Crippen LogP contribution in [0.4, 0.5) is 5.69 Å². The van der Waals surface area contributed by atoms with Crippen molar-refractivity contribution in [3.05, 3.63) is 42.7 Å². The van der Waals surface area contributed by atoms with Gasteiger partial charge in [-0.1, -0.05) is 30.0 Å². The third-order valence-corrected chi connectivity index (χ3v) is 4.58. The van der Waals surface area contributed by atoms with Gasteiger partial charge in [0.15, 0.2) is 5.16 Å². The topological polar surface area (TPSA) is 93.0 Å². The van der Waals surface area contributed by atoms with Gasteiger partial charge in [-0.05, 0) is 12.1 Å². The number of anilines is 1. The van der Waals surface area contributed by atoms with Gasteiger partial charge < -0.3 is 14.5 Å². The lowest BCUT2D eigenvalue weighted by molar-refractivity contribution is -0.113. The zero-order chi connectivity index (χ0) is 17.2. The molecule has 0 aliphatic heterocycles. The van der Waals surface area contributed by atoms with Gasteiger partial charge in [-0.2, -0.15) is 5.10 Å². The van der Waals surface area contributed by atoms with Crippen LogP contribution in [0.2, 0.25) is 0 Å². The Bertz CT molecular complexity index is 1040. The number of carbonyl (C=O) groups excluding carboxylic acids is 1. The van der Waals surface area contributed by atoms with Crippen LogP contribution in [0.15, 0.2) is 52.3 Å². The van der Waals surface area contributed by atoms with Crippen molar-refractivity contribution >= 4 is 45.3 Å². The number of amides is 1. The number of thioether (sulfide) groups is 1. The Hall–Kier alpha value is -3.00. The fourth-order valence-electron chi connectivity index (χ4n) is 2.60. The van der Waals surface area contributed by atoms with Crippen molar-refractivity contribution in [2.24, 2.45) is 0 Å². The molecule has 2 aromatic carbocycles. The van der Waals surface area contributed by atoms with E-state index in [0.29, 0.717) is 22.2 Å². The number of rotatable bonds is 5. The molecule has 0 unspecified atom stereocenters. The van der Waals surface area contributed by atoms with Gasteiger partial charge in [0.1, 0.15) is 23.2 Å². The highest BCUT2D eigenvalue weighted by molar-refractivity contribution is 7.99. The number of para-hydroxylation sites is 1. The van der Waals surface area contributed by atoms with Crippen LogP contribution in [0, 0.1) is 0 Å². The van der Waals surface area contributed by atoms with E-state index >= 15 is 0 Å². The molecular formula is C17H14N4O3S. The summed E-state index contributed by atoms with van der Waals surface area (Å²) in [7, 11) is 1.57. The number of benzene rings is 2. The fraction of sp³-hybridized carbons (Fsp3) is 0.118. The lowest BCUT2D eigenvalue weighted by Crippen LogP contribution is -2.14. The van der Waals surface area contributed by atoms with Crippen molar-refractivity contribution in [1.82, 2.24) is 15.2 Å². The highest BCUT2D eigenvalue weighted by atomic mass is 32.2. The molecule has 0 aliphatic rings. The Morgan fingerprint density at radius 2 is 2.16 bits per heavy atom. The largest absolute Gasteiger partial charge is 0.495 e. The van der Waals surface area contributed by atoms with E-state index < -0.39 is 0 Å². The summed E-state index contributed by atoms with van der Waals surface area (Å²) in [5.74, 6) is 0.614. The minimum atomic E-state index is -0.171. The van der Waals surface area contributed by atoms with Crippen LogP contribution in [0.5, 0.6) is 5.75 Å². The molecule has 0 radical (unpaired) electrons. The average molecular weight is 354 g/mol. The second-order valence-corrected chi connectivity index (χ2v) is 6.24. The van der Waals surface area contributed by atoms with E-state index in [1.165, 1.54) is 18.1 Å². The maximum atomic E-state index is 12.2. The molecule has 8 heteroatoms. The molecule has 0 spiro atoms. The number of aromatic amines is 1. The summed E-state index contributed by atoms with van der Waals surface area (Å²) in [5.41, 5.74) is 2.06. The molecule has 1 amide bonds. The molecule has 7 nitrogen and oxygen atoms in total. The van der Waals surface area contributed by atoms with Crippen molar-refractivity contribution in [3.63, 3.8) is 0 Å². The summed E-state index contributed by atoms with van der Waals surface area (Å²) < 4.78 is 11.3. The molecule has 25 heavy (non-hydrogen) atoms. The van der Waals surface area contributed by atoms with Gasteiger partial charge >= 0.3 is 0 Å². The zero-order valence-corrected chi connectivity index (χ0v) is 14.1. The summed E-state index contributed by atoms with van der Waals surface area (Å²) >= 11 is 1.27. The van der Waals surface area contributed by atoms with E-state index in [1.54, 1.807) is 13.2 Å². The summed E-state index contributed by atoms with van der Waals surface area (Å²) in [6, 6.07) is 11.4. The van der Waals surface area contributed by atoms with Gasteiger partial charge in [0.2, 0.25) is 5.91 Å². The number of carbonyl (C=O) groups is 1. The molecule has 0 aliphatic carbocycles. The lowest BCUT2D eigenvalue weighted by atomic mass is 10.1. The van der Waals surface area contributed by atoms with E-state index in [1.807, 2.05) is 30.3 Å². The van der Waals surface area contributed by atoms with Gasteiger partial charge in [0.05, 0.1) is 18.6 Å². The highest BCUT2D eigenvalue weighted by Gasteiger charge is 2.14. The first-order valence-corrected chi connectivity index (χ1v) is 8.50. The van der Waals surface area contributed by atoms with Crippen molar-refractivity contribution < 1.29 is 13.9 Å². The number of H-pyrrole nitrogens is 1. The average Bonchev–Trinajstić information content (AvgIpc) is 3.26. The third-order valence-electron chi connectivity index (χ3n) is 3.71. The molecule has 126 valence electrons. The van der Waals surface area contributed by atoms with Gasteiger partial charge in [-0.25, -0.2) is 4.98 Å². The quantitative estimate of drug-likeness (QED) is 0.533. The molecule has 2 aromatic heterocycles. The number of nitrogens with one attached hydrogen (secondary N) is 2. The predicted octanol–water partition coefficient (Wildman–Crippen LogP) is 3.44. The molecule has 0 saturated carbocycles. The Morgan fingerprint density at radius 1 is 1.28 bits per heavy atom. The van der Waals surface area contributed by atoms with Crippen LogP contribution in [0.25, 0.3) is 21.9 Å². The Labute approximate surface area is 146 Å². The van der Waals surface area contributed by atoms with E-state index in [4.69, 9.17) is 9.15 Å². The Kier molecular flexibility index (Phi) is 4.02. The zero-order valence-electron chi connectivity index (χ0n) is 13.3. The van der Waals surface area contributed by atoms with Crippen molar-refractivity contribution in [2.75, 3.05) is 18.2 Å². The summed E-state index contributed by atoms with van der Waals surface area (Å²) in [6.07, 6.45) is 1.40. The lowest BCUT2D eigenvalue weighted by Gasteiger charge is -2.10. The van der Waals surface area contributed by atoms with Gasteiger partial charge in [-0.15, -0.1) is 0 Å². The Morgan fingerprint density at radius 3 is 2.96 bits per heavy atom. The highest BCUT2D eigenvalue weighted by Crippen LogP contribution is 2.36. The summed E-state index contributed by atoms with van der Waals surface area (Å²) in [6.45, 7) is 0. The van der Waals surface area contributed by atoms with E-state index in [-0.39, 0.29) is 11.7 Å². The fourth-order valence-corrected chi connectivity index (χ4v) is 3.18. The van der Waals surface area contributed by atoms with Crippen LogP contribution in [-0.4, -0.2) is 34.0 Å². The minimum absolute atomic E-state index is 0.171. The first kappa shape index (κ1) is 15.5. The van der Waals surface area contributed by atoms with Crippen LogP contribution >= 0.6 is 11.8 Å². The molecule has 0 bridgehead atoms. The van der Waals surface area contributed by atoms with Crippen molar-refractivity contribution in [1.29, 1.82) is 0 Å². The number of aromatic nitrogens is 3. The number of furan rings is 1. The second kappa shape index (κ2) is 6.48. The minimum Gasteiger partial charge on any atom is -0.495 e. The molecule has 0 saturated heterocycles. The maximum Gasteiger partial charge on any atom is 0.234 e. The van der Waals surface area contributed by atoms with E-state index in [9.17, 15) is 4.79 Å². The van der Waals surface area contributed by atoms with Crippen molar-refractivity contribution in [3.8, 4) is 5.75 Å². The smallest absolute Gasteiger partial charge is 0.234 e. The van der Waals surface area contributed by atoms with Gasteiger partial charge in [-0.3, -0.25) is 9.89 Å². The number of methoxy groups -OCH3 is 1.